The van der Waals surface area contributed by atoms with Crippen molar-refractivity contribution in [1.82, 2.24) is 0 Å². The number of hydrogen-bond acceptors (Lipinski definition) is 3. The lowest BCUT2D eigenvalue weighted by Crippen LogP contribution is -2.02. The molecule has 0 spiro atoms. The van der Waals surface area contributed by atoms with E-state index in [2.05, 4.69) is 6.07 Å². The molecule has 0 aliphatic heterocycles. The van der Waals surface area contributed by atoms with Crippen LogP contribution in [0.4, 0.5) is 0 Å². The summed E-state index contributed by atoms with van der Waals surface area (Å²) in [5.74, 6) is 0.576. The Bertz CT molecular complexity index is 444. The van der Waals surface area contributed by atoms with E-state index in [-0.39, 0.29) is 5.78 Å². The number of rotatable bonds is 4. The first kappa shape index (κ1) is 12.3. The minimum absolute atomic E-state index is 0.0331. The smallest absolute Gasteiger partial charge is 0.159 e. The van der Waals surface area contributed by atoms with Crippen LogP contribution in [-0.4, -0.2) is 12.4 Å². The number of ether oxygens (including phenoxy) is 1. The molecule has 0 N–H and O–H groups in total. The number of carbonyl (C=O) groups excluding carboxylic acids is 1. The molecule has 0 aliphatic rings. The van der Waals surface area contributed by atoms with Crippen molar-refractivity contribution in [3.63, 3.8) is 0 Å². The summed E-state index contributed by atoms with van der Waals surface area (Å²) < 4.78 is 5.45. The molecule has 0 amide bonds. The molecular weight excluding hydrogens is 202 g/mol. The van der Waals surface area contributed by atoms with Gasteiger partial charge in [-0.3, -0.25) is 4.79 Å². The normalized spacial score (nSPS) is 9.62. The van der Waals surface area contributed by atoms with Crippen LogP contribution in [0, 0.1) is 11.3 Å². The van der Waals surface area contributed by atoms with Gasteiger partial charge in [0.15, 0.2) is 5.78 Å². The van der Waals surface area contributed by atoms with E-state index < -0.39 is 0 Å². The monoisotopic (exact) mass is 217 g/mol. The van der Waals surface area contributed by atoms with E-state index >= 15 is 0 Å². The second-order valence-electron chi connectivity index (χ2n) is 3.47. The molecule has 16 heavy (non-hydrogen) atoms. The summed E-state index contributed by atoms with van der Waals surface area (Å²) >= 11 is 0. The van der Waals surface area contributed by atoms with Crippen molar-refractivity contribution < 1.29 is 9.53 Å². The predicted molar refractivity (Wildman–Crippen MR) is 61.7 cm³/mol. The number of nitriles is 1. The Morgan fingerprint density at radius 3 is 2.56 bits per heavy atom. The lowest BCUT2D eigenvalue weighted by molar-refractivity contribution is 0.101. The lowest BCUT2D eigenvalue weighted by atomic mass is 10.0. The molecule has 0 unspecified atom stereocenters. The maximum absolute atomic E-state index is 11.3. The summed E-state index contributed by atoms with van der Waals surface area (Å²) in [5, 5.41) is 9.03. The van der Waals surface area contributed by atoms with Crippen LogP contribution in [0.3, 0.4) is 0 Å². The third-order valence-corrected chi connectivity index (χ3v) is 2.36. The van der Waals surface area contributed by atoms with Crippen LogP contribution in [0.15, 0.2) is 12.1 Å². The second-order valence-corrected chi connectivity index (χ2v) is 3.47. The molecule has 0 heterocycles. The Labute approximate surface area is 95.7 Å². The van der Waals surface area contributed by atoms with Crippen LogP contribution in [0.5, 0.6) is 5.75 Å². The van der Waals surface area contributed by atoms with Gasteiger partial charge in [-0.1, -0.05) is 6.92 Å². The van der Waals surface area contributed by atoms with E-state index in [0.29, 0.717) is 23.5 Å². The number of hydrogen-bond donors (Lipinski definition) is 0. The zero-order valence-electron chi connectivity index (χ0n) is 9.83. The molecule has 0 aliphatic carbocycles. The molecule has 0 saturated heterocycles. The minimum atomic E-state index is -0.0331. The lowest BCUT2D eigenvalue weighted by Gasteiger charge is -2.11. The highest BCUT2D eigenvalue weighted by Crippen LogP contribution is 2.26. The van der Waals surface area contributed by atoms with E-state index in [0.717, 1.165) is 12.0 Å². The van der Waals surface area contributed by atoms with Crippen molar-refractivity contribution in [2.75, 3.05) is 6.61 Å². The van der Waals surface area contributed by atoms with E-state index in [4.69, 9.17) is 10.00 Å². The molecule has 3 heteroatoms. The second kappa shape index (κ2) is 5.32. The van der Waals surface area contributed by atoms with Crippen molar-refractivity contribution in [3.05, 3.63) is 28.8 Å². The minimum Gasteiger partial charge on any atom is -0.492 e. The van der Waals surface area contributed by atoms with Gasteiger partial charge in [-0.05, 0) is 38.0 Å². The van der Waals surface area contributed by atoms with Crippen LogP contribution in [0.2, 0.25) is 0 Å². The molecule has 84 valence electrons. The maximum Gasteiger partial charge on any atom is 0.159 e. The van der Waals surface area contributed by atoms with Crippen LogP contribution < -0.4 is 4.74 Å². The van der Waals surface area contributed by atoms with E-state index in [1.807, 2.05) is 13.8 Å². The maximum atomic E-state index is 11.3. The van der Waals surface area contributed by atoms with Crippen molar-refractivity contribution in [2.24, 2.45) is 0 Å². The van der Waals surface area contributed by atoms with Gasteiger partial charge in [0.05, 0.1) is 12.2 Å². The molecule has 1 rings (SSSR count). The number of ketones is 1. The van der Waals surface area contributed by atoms with E-state index in [1.54, 1.807) is 12.1 Å². The number of nitrogens with zero attached hydrogens (tertiary/aromatic N) is 1. The average Bonchev–Trinajstić information content (AvgIpc) is 2.29. The SMILES string of the molecule is CCOc1c(C#N)cc(C(C)=O)cc1CC. The fourth-order valence-electron chi connectivity index (χ4n) is 1.55. The highest BCUT2D eigenvalue weighted by molar-refractivity contribution is 5.95. The van der Waals surface area contributed by atoms with Gasteiger partial charge < -0.3 is 4.74 Å². The molecule has 0 bridgehead atoms. The molecule has 0 atom stereocenters. The molecule has 1 aromatic rings. The van der Waals surface area contributed by atoms with Crippen LogP contribution in [0.25, 0.3) is 0 Å². The Morgan fingerprint density at radius 1 is 1.44 bits per heavy atom. The summed E-state index contributed by atoms with van der Waals surface area (Å²) in [4.78, 5) is 11.3. The molecule has 1 aromatic carbocycles. The summed E-state index contributed by atoms with van der Waals surface area (Å²) in [7, 11) is 0. The van der Waals surface area contributed by atoms with Crippen LogP contribution in [-0.2, 0) is 6.42 Å². The fourth-order valence-corrected chi connectivity index (χ4v) is 1.55. The average molecular weight is 217 g/mol. The zero-order chi connectivity index (χ0) is 12.1. The zero-order valence-corrected chi connectivity index (χ0v) is 9.83. The van der Waals surface area contributed by atoms with Crippen molar-refractivity contribution in [2.45, 2.75) is 27.2 Å². The molecular formula is C13H15NO2. The van der Waals surface area contributed by atoms with E-state index in [9.17, 15) is 4.79 Å². The van der Waals surface area contributed by atoms with Crippen molar-refractivity contribution >= 4 is 5.78 Å². The van der Waals surface area contributed by atoms with Gasteiger partial charge in [0.2, 0.25) is 0 Å². The Hall–Kier alpha value is -1.82. The Kier molecular flexibility index (Phi) is 4.07. The standard InChI is InChI=1S/C13H15NO2/c1-4-10-6-11(9(3)15)7-12(8-14)13(10)16-5-2/h6-7H,4-5H2,1-3H3. The fraction of sp³-hybridized carbons (Fsp3) is 0.385. The number of aryl methyl sites for hydroxylation is 1. The molecule has 0 radical (unpaired) electrons. The van der Waals surface area contributed by atoms with Crippen LogP contribution in [0.1, 0.15) is 42.3 Å². The van der Waals surface area contributed by atoms with Gasteiger partial charge in [0, 0.05) is 5.56 Å². The topological polar surface area (TPSA) is 50.1 Å². The van der Waals surface area contributed by atoms with Gasteiger partial charge in [-0.2, -0.15) is 5.26 Å². The van der Waals surface area contributed by atoms with Crippen molar-refractivity contribution in [3.8, 4) is 11.8 Å². The molecule has 0 fully saturated rings. The Balaban J connectivity index is 3.38. The third kappa shape index (κ3) is 2.40. The summed E-state index contributed by atoms with van der Waals surface area (Å²) in [6.07, 6.45) is 0.741. The molecule has 3 nitrogen and oxygen atoms in total. The number of carbonyl (C=O) groups is 1. The highest BCUT2D eigenvalue weighted by Gasteiger charge is 2.12. The first-order valence-electron chi connectivity index (χ1n) is 5.34. The van der Waals surface area contributed by atoms with Gasteiger partial charge in [-0.15, -0.1) is 0 Å². The predicted octanol–water partition coefficient (Wildman–Crippen LogP) is 2.72. The summed E-state index contributed by atoms with van der Waals surface area (Å²) in [5.41, 5.74) is 1.91. The summed E-state index contributed by atoms with van der Waals surface area (Å²) in [6, 6.07) is 5.46. The third-order valence-electron chi connectivity index (χ3n) is 2.36. The first-order valence-corrected chi connectivity index (χ1v) is 5.34. The largest absolute Gasteiger partial charge is 0.492 e. The highest BCUT2D eigenvalue weighted by atomic mass is 16.5. The van der Waals surface area contributed by atoms with Gasteiger partial charge in [0.25, 0.3) is 0 Å². The number of Topliss-reactive ketones (excluding diaryl/α,β-unsaturated/α-hetero) is 1. The Morgan fingerprint density at radius 2 is 2.12 bits per heavy atom. The van der Waals surface area contributed by atoms with Gasteiger partial charge in [0.1, 0.15) is 11.8 Å². The molecule has 0 aromatic heterocycles. The van der Waals surface area contributed by atoms with Gasteiger partial charge in [-0.25, -0.2) is 0 Å². The number of benzene rings is 1. The quantitative estimate of drug-likeness (QED) is 0.728. The van der Waals surface area contributed by atoms with E-state index in [1.165, 1.54) is 6.92 Å². The van der Waals surface area contributed by atoms with Gasteiger partial charge >= 0.3 is 0 Å². The van der Waals surface area contributed by atoms with Crippen LogP contribution >= 0.6 is 0 Å². The van der Waals surface area contributed by atoms with Crippen molar-refractivity contribution in [1.29, 1.82) is 5.26 Å². The first-order chi connectivity index (χ1) is 7.63. The molecule has 0 saturated carbocycles. The summed E-state index contributed by atoms with van der Waals surface area (Å²) in [6.45, 7) is 5.86.